The summed E-state index contributed by atoms with van der Waals surface area (Å²) in [4.78, 5) is 16.4. The lowest BCUT2D eigenvalue weighted by molar-refractivity contribution is -0.105. The van der Waals surface area contributed by atoms with E-state index in [2.05, 4.69) is 20.5 Å². The fraction of sp³-hybridized carbons (Fsp3) is 0.333. The molecule has 0 aliphatic carbocycles. The standard InChI is InChI=1S/C8H14N4O.C7H8N4/c1-5-7(4-13)6(2)12(10)8(9)11(5)3;1-8-7-2-5-3-10-11-6(5)4-9-7/h4,6,9H,10H2,1-3H3;2-4H,1H3,(H,8,9)(H,10,11). The minimum absolute atomic E-state index is 0.204. The first kappa shape index (κ1) is 17.4. The van der Waals surface area contributed by atoms with Crippen LogP contribution in [0.1, 0.15) is 13.8 Å². The molecule has 1 unspecified atom stereocenters. The molecule has 0 saturated heterocycles. The van der Waals surface area contributed by atoms with E-state index in [1.54, 1.807) is 31.3 Å². The number of hydrogen-bond donors (Lipinski definition) is 4. The predicted molar refractivity (Wildman–Crippen MR) is 93.2 cm³/mol. The number of fused-ring (bicyclic) bond motifs is 1. The highest BCUT2D eigenvalue weighted by Gasteiger charge is 2.28. The fourth-order valence-electron chi connectivity index (χ4n) is 2.32. The van der Waals surface area contributed by atoms with Crippen LogP contribution in [0.25, 0.3) is 10.9 Å². The third-order valence-electron chi connectivity index (χ3n) is 4.06. The van der Waals surface area contributed by atoms with Crippen molar-refractivity contribution in [2.75, 3.05) is 19.4 Å². The minimum atomic E-state index is -0.221. The molecule has 0 fully saturated rings. The number of rotatable bonds is 2. The first-order chi connectivity index (χ1) is 11.4. The van der Waals surface area contributed by atoms with Gasteiger partial charge in [-0.2, -0.15) is 5.10 Å². The van der Waals surface area contributed by atoms with Crippen LogP contribution in [0.4, 0.5) is 5.82 Å². The van der Waals surface area contributed by atoms with Gasteiger partial charge in [-0.3, -0.25) is 20.3 Å². The number of carbonyl (C=O) groups excluding carboxylic acids is 1. The molecule has 0 saturated carbocycles. The molecule has 0 aromatic carbocycles. The van der Waals surface area contributed by atoms with Gasteiger partial charge in [0.25, 0.3) is 0 Å². The molecular formula is C15H22N8O. The number of aldehydes is 1. The second-order valence-electron chi connectivity index (χ2n) is 5.40. The molecule has 0 amide bonds. The number of anilines is 1. The van der Waals surface area contributed by atoms with Crippen molar-refractivity contribution < 1.29 is 4.79 Å². The minimum Gasteiger partial charge on any atom is -0.373 e. The Labute approximate surface area is 140 Å². The van der Waals surface area contributed by atoms with Gasteiger partial charge in [0.1, 0.15) is 12.1 Å². The molecule has 128 valence electrons. The van der Waals surface area contributed by atoms with Gasteiger partial charge in [-0.25, -0.2) is 10.8 Å². The van der Waals surface area contributed by atoms with Crippen molar-refractivity contribution in [2.24, 2.45) is 5.84 Å². The van der Waals surface area contributed by atoms with E-state index in [1.165, 1.54) is 5.01 Å². The topological polar surface area (TPSA) is 127 Å². The van der Waals surface area contributed by atoms with Crippen LogP contribution in [0, 0.1) is 5.41 Å². The maximum atomic E-state index is 10.7. The first-order valence-electron chi connectivity index (χ1n) is 7.39. The highest BCUT2D eigenvalue weighted by Crippen LogP contribution is 2.20. The number of allylic oxidation sites excluding steroid dienone is 1. The van der Waals surface area contributed by atoms with E-state index in [-0.39, 0.29) is 12.0 Å². The number of nitrogens with one attached hydrogen (secondary N) is 3. The summed E-state index contributed by atoms with van der Waals surface area (Å²) in [5.74, 6) is 6.68. The molecule has 0 radical (unpaired) electrons. The van der Waals surface area contributed by atoms with Crippen molar-refractivity contribution in [1.82, 2.24) is 25.1 Å². The molecule has 5 N–H and O–H groups in total. The van der Waals surface area contributed by atoms with Gasteiger partial charge in [0.2, 0.25) is 5.96 Å². The van der Waals surface area contributed by atoms with Gasteiger partial charge in [0, 0.05) is 30.8 Å². The lowest BCUT2D eigenvalue weighted by atomic mass is 10.1. The summed E-state index contributed by atoms with van der Waals surface area (Å²) in [7, 11) is 3.56. The zero-order chi connectivity index (χ0) is 17.9. The van der Waals surface area contributed by atoms with Gasteiger partial charge in [0.15, 0.2) is 0 Å². The third kappa shape index (κ3) is 3.20. The maximum Gasteiger partial charge on any atom is 0.212 e. The molecule has 3 heterocycles. The van der Waals surface area contributed by atoms with E-state index in [9.17, 15) is 4.79 Å². The van der Waals surface area contributed by atoms with Crippen LogP contribution in [-0.4, -0.2) is 57.5 Å². The molecule has 0 bridgehead atoms. The number of pyridine rings is 1. The van der Waals surface area contributed by atoms with Crippen molar-refractivity contribution in [3.63, 3.8) is 0 Å². The Hall–Kier alpha value is -2.94. The van der Waals surface area contributed by atoms with Gasteiger partial charge in [-0.05, 0) is 19.9 Å². The first-order valence-corrected chi connectivity index (χ1v) is 7.39. The van der Waals surface area contributed by atoms with Crippen molar-refractivity contribution in [3.8, 4) is 0 Å². The smallest absolute Gasteiger partial charge is 0.212 e. The van der Waals surface area contributed by atoms with Crippen LogP contribution < -0.4 is 11.2 Å². The van der Waals surface area contributed by atoms with Gasteiger partial charge < -0.3 is 10.2 Å². The Morgan fingerprint density at radius 1 is 1.46 bits per heavy atom. The molecule has 24 heavy (non-hydrogen) atoms. The lowest BCUT2D eigenvalue weighted by Crippen LogP contribution is -2.55. The number of aromatic nitrogens is 3. The van der Waals surface area contributed by atoms with Gasteiger partial charge in [0.05, 0.1) is 24.0 Å². The summed E-state index contributed by atoms with van der Waals surface area (Å²) in [6.45, 7) is 3.61. The molecule has 2 aromatic rings. The van der Waals surface area contributed by atoms with Gasteiger partial charge in [-0.15, -0.1) is 0 Å². The molecule has 0 spiro atoms. The van der Waals surface area contributed by atoms with E-state index in [0.29, 0.717) is 5.57 Å². The van der Waals surface area contributed by atoms with E-state index in [1.807, 2.05) is 20.0 Å². The Bertz CT molecular complexity index is 781. The molecule has 2 aromatic heterocycles. The average molecular weight is 330 g/mol. The number of hydrogen-bond acceptors (Lipinski definition) is 6. The van der Waals surface area contributed by atoms with Gasteiger partial charge in [-0.1, -0.05) is 0 Å². The van der Waals surface area contributed by atoms with E-state index in [4.69, 9.17) is 11.3 Å². The zero-order valence-electron chi connectivity index (χ0n) is 14.2. The number of guanidine groups is 1. The summed E-state index contributed by atoms with van der Waals surface area (Å²) in [5.41, 5.74) is 2.37. The third-order valence-corrected chi connectivity index (χ3v) is 4.06. The Balaban J connectivity index is 0.000000175. The van der Waals surface area contributed by atoms with Crippen LogP contribution in [0.5, 0.6) is 0 Å². The van der Waals surface area contributed by atoms with Crippen molar-refractivity contribution >= 4 is 29.0 Å². The highest BCUT2D eigenvalue weighted by atomic mass is 16.1. The second-order valence-corrected chi connectivity index (χ2v) is 5.40. The fourth-order valence-corrected chi connectivity index (χ4v) is 2.32. The van der Waals surface area contributed by atoms with Crippen LogP contribution in [-0.2, 0) is 4.79 Å². The average Bonchev–Trinajstić information content (AvgIpc) is 3.07. The van der Waals surface area contributed by atoms with Crippen molar-refractivity contribution in [3.05, 3.63) is 29.7 Å². The van der Waals surface area contributed by atoms with Crippen LogP contribution >= 0.6 is 0 Å². The molecule has 9 heteroatoms. The van der Waals surface area contributed by atoms with Gasteiger partial charge >= 0.3 is 0 Å². The molecule has 1 atom stereocenters. The molecular weight excluding hydrogens is 308 g/mol. The Kier molecular flexibility index (Phi) is 5.14. The maximum absolute atomic E-state index is 10.7. The van der Waals surface area contributed by atoms with E-state index >= 15 is 0 Å². The molecule has 3 rings (SSSR count). The number of H-pyrrole nitrogens is 1. The predicted octanol–water partition coefficient (Wildman–Crippen LogP) is 0.903. The summed E-state index contributed by atoms with van der Waals surface area (Å²) < 4.78 is 0. The highest BCUT2D eigenvalue weighted by molar-refractivity contribution is 5.86. The van der Waals surface area contributed by atoms with Crippen LogP contribution in [0.3, 0.4) is 0 Å². The SMILES string of the molecule is CC1=C(C=O)C(C)N(N)C(=N)N1C.CNc1cc2cn[nH]c2cn1. The number of nitrogens with two attached hydrogens (primary N) is 1. The summed E-state index contributed by atoms with van der Waals surface area (Å²) in [6.07, 6.45) is 4.33. The summed E-state index contributed by atoms with van der Waals surface area (Å²) in [5, 5.41) is 19.6. The summed E-state index contributed by atoms with van der Waals surface area (Å²) in [6, 6.07) is 1.72. The van der Waals surface area contributed by atoms with Crippen molar-refractivity contribution in [1.29, 1.82) is 5.41 Å². The van der Waals surface area contributed by atoms with Crippen molar-refractivity contribution in [2.45, 2.75) is 19.9 Å². The zero-order valence-corrected chi connectivity index (χ0v) is 14.2. The lowest BCUT2D eigenvalue weighted by Gasteiger charge is -2.38. The van der Waals surface area contributed by atoms with Crippen LogP contribution in [0.15, 0.2) is 29.7 Å². The number of hydrazine groups is 1. The summed E-state index contributed by atoms with van der Waals surface area (Å²) >= 11 is 0. The van der Waals surface area contributed by atoms with E-state index < -0.39 is 0 Å². The Morgan fingerprint density at radius 3 is 2.79 bits per heavy atom. The monoisotopic (exact) mass is 330 g/mol. The van der Waals surface area contributed by atoms with Crippen LogP contribution in [0.2, 0.25) is 0 Å². The number of aromatic amines is 1. The number of nitrogens with zero attached hydrogens (tertiary/aromatic N) is 4. The van der Waals surface area contributed by atoms with E-state index in [0.717, 1.165) is 28.7 Å². The normalized spacial score (nSPS) is 17.7. The Morgan fingerprint density at radius 2 is 2.17 bits per heavy atom. The molecule has 1 aliphatic heterocycles. The quantitative estimate of drug-likeness (QED) is 0.476. The second kappa shape index (κ2) is 7.09. The molecule has 1 aliphatic rings. The molecule has 9 nitrogen and oxygen atoms in total. The largest absolute Gasteiger partial charge is 0.373 e. The number of carbonyl (C=O) groups is 1.